The van der Waals surface area contributed by atoms with E-state index in [0.717, 1.165) is 21.9 Å². The predicted molar refractivity (Wildman–Crippen MR) is 93.1 cm³/mol. The first-order chi connectivity index (χ1) is 11.3. The average molecular weight is 347 g/mol. The van der Waals surface area contributed by atoms with Crippen LogP contribution in [0.25, 0.3) is 0 Å². The van der Waals surface area contributed by atoms with Gasteiger partial charge in [0, 0.05) is 16.7 Å². The van der Waals surface area contributed by atoms with Gasteiger partial charge in [0.25, 0.3) is 5.91 Å². The number of anilines is 1. The molecule has 0 aliphatic carbocycles. The first-order valence-electron chi connectivity index (χ1n) is 8.00. The number of rotatable bonds is 2. The van der Waals surface area contributed by atoms with E-state index in [2.05, 4.69) is 12.2 Å². The number of fused-ring (bicyclic) bond motifs is 1. The molecule has 2 aliphatic heterocycles. The number of thioether (sulfide) groups is 1. The number of amides is 4. The van der Waals surface area contributed by atoms with Crippen molar-refractivity contribution >= 4 is 35.3 Å². The van der Waals surface area contributed by atoms with Gasteiger partial charge in [0.15, 0.2) is 0 Å². The van der Waals surface area contributed by atoms with E-state index >= 15 is 0 Å². The largest absolute Gasteiger partial charge is 0.325 e. The molecule has 0 aromatic heterocycles. The maximum atomic E-state index is 12.8. The monoisotopic (exact) mass is 347 g/mol. The zero-order valence-electron chi connectivity index (χ0n) is 14.0. The molecule has 24 heavy (non-hydrogen) atoms. The van der Waals surface area contributed by atoms with Crippen LogP contribution in [0.2, 0.25) is 0 Å². The number of hydrogen-bond donors (Lipinski definition) is 1. The molecular formula is C17H21N3O3S. The fourth-order valence-corrected chi connectivity index (χ4v) is 4.04. The Morgan fingerprint density at radius 2 is 2.04 bits per heavy atom. The van der Waals surface area contributed by atoms with Crippen LogP contribution in [-0.2, 0) is 9.59 Å². The lowest BCUT2D eigenvalue weighted by Gasteiger charge is -2.24. The van der Waals surface area contributed by atoms with E-state index in [1.54, 1.807) is 30.5 Å². The zero-order valence-corrected chi connectivity index (χ0v) is 14.9. The summed E-state index contributed by atoms with van der Waals surface area (Å²) in [5, 5.41) is 3.00. The summed E-state index contributed by atoms with van der Waals surface area (Å²) in [4.78, 5) is 40.9. The van der Waals surface area contributed by atoms with Gasteiger partial charge in [0.05, 0.1) is 5.69 Å². The Hall–Kier alpha value is -2.02. The van der Waals surface area contributed by atoms with Gasteiger partial charge in [-0.3, -0.25) is 14.5 Å². The van der Waals surface area contributed by atoms with Crippen LogP contribution >= 0.6 is 11.8 Å². The molecule has 2 aliphatic rings. The number of urea groups is 1. The summed E-state index contributed by atoms with van der Waals surface area (Å²) in [6.07, 6.45) is 0.858. The van der Waals surface area contributed by atoms with E-state index < -0.39 is 11.6 Å². The van der Waals surface area contributed by atoms with Crippen LogP contribution in [-0.4, -0.2) is 46.6 Å². The molecule has 1 aromatic rings. The molecule has 1 fully saturated rings. The Morgan fingerprint density at radius 3 is 2.71 bits per heavy atom. The fourth-order valence-electron chi connectivity index (χ4n) is 2.93. The summed E-state index contributed by atoms with van der Waals surface area (Å²) in [6.45, 7) is 5.75. The number of imide groups is 1. The molecule has 0 radical (unpaired) electrons. The zero-order chi connectivity index (χ0) is 17.5. The van der Waals surface area contributed by atoms with Crippen molar-refractivity contribution in [2.24, 2.45) is 0 Å². The Balaban J connectivity index is 1.83. The second-order valence-corrected chi connectivity index (χ2v) is 8.16. The van der Waals surface area contributed by atoms with Gasteiger partial charge in [-0.1, -0.05) is 19.1 Å². The lowest BCUT2D eigenvalue weighted by molar-refractivity contribution is -0.133. The summed E-state index contributed by atoms with van der Waals surface area (Å²) >= 11 is 1.74. The highest BCUT2D eigenvalue weighted by molar-refractivity contribution is 8.00. The van der Waals surface area contributed by atoms with Crippen LogP contribution in [0, 0.1) is 0 Å². The highest BCUT2D eigenvalue weighted by Crippen LogP contribution is 2.37. The molecule has 2 heterocycles. The molecule has 1 aromatic carbocycles. The van der Waals surface area contributed by atoms with E-state index in [1.165, 1.54) is 0 Å². The van der Waals surface area contributed by atoms with Gasteiger partial charge in [-0.15, -0.1) is 11.8 Å². The smallest absolute Gasteiger partial charge is 0.324 e. The molecular weight excluding hydrogens is 326 g/mol. The van der Waals surface area contributed by atoms with Crippen LogP contribution in [0.1, 0.15) is 27.2 Å². The molecule has 1 saturated heterocycles. The molecule has 1 unspecified atom stereocenters. The highest BCUT2D eigenvalue weighted by atomic mass is 32.2. The number of carbonyl (C=O) groups is 3. The molecule has 3 rings (SSSR count). The summed E-state index contributed by atoms with van der Waals surface area (Å²) in [7, 11) is 0. The van der Waals surface area contributed by atoms with Crippen molar-refractivity contribution in [2.75, 3.05) is 18.0 Å². The normalized spacial score (nSPS) is 22.9. The first-order valence-corrected chi connectivity index (χ1v) is 8.88. The molecule has 7 heteroatoms. The van der Waals surface area contributed by atoms with Crippen molar-refractivity contribution in [3.8, 4) is 0 Å². The fraction of sp³-hybridized carbons (Fsp3) is 0.471. The number of carbonyl (C=O) groups excluding carboxylic acids is 3. The number of benzene rings is 1. The van der Waals surface area contributed by atoms with Crippen LogP contribution in [0.5, 0.6) is 0 Å². The second-order valence-electron chi connectivity index (χ2n) is 6.68. The van der Waals surface area contributed by atoms with Crippen molar-refractivity contribution in [1.82, 2.24) is 10.2 Å². The summed E-state index contributed by atoms with van der Waals surface area (Å²) < 4.78 is 0. The van der Waals surface area contributed by atoms with Crippen LogP contribution in [0.4, 0.5) is 10.5 Å². The van der Waals surface area contributed by atoms with E-state index in [4.69, 9.17) is 0 Å². The van der Waals surface area contributed by atoms with Gasteiger partial charge in [-0.2, -0.15) is 0 Å². The molecule has 128 valence electrons. The Morgan fingerprint density at radius 1 is 1.33 bits per heavy atom. The minimum atomic E-state index is -0.960. The number of nitrogens with zero attached hydrogens (tertiary/aromatic N) is 2. The van der Waals surface area contributed by atoms with Gasteiger partial charge < -0.3 is 10.2 Å². The Bertz CT molecular complexity index is 704. The topological polar surface area (TPSA) is 69.7 Å². The predicted octanol–water partition coefficient (Wildman–Crippen LogP) is 2.23. The van der Waals surface area contributed by atoms with E-state index in [-0.39, 0.29) is 18.4 Å². The van der Waals surface area contributed by atoms with Gasteiger partial charge in [-0.25, -0.2) is 4.79 Å². The average Bonchev–Trinajstić information content (AvgIpc) is 2.66. The number of hydrogen-bond acceptors (Lipinski definition) is 4. The molecule has 0 saturated carbocycles. The number of para-hydroxylation sites is 1. The quantitative estimate of drug-likeness (QED) is 0.833. The maximum Gasteiger partial charge on any atom is 0.325 e. The van der Waals surface area contributed by atoms with Crippen molar-refractivity contribution < 1.29 is 14.4 Å². The van der Waals surface area contributed by atoms with E-state index in [1.807, 2.05) is 24.3 Å². The summed E-state index contributed by atoms with van der Waals surface area (Å²) in [5.74, 6) is -0.606. The molecule has 6 nitrogen and oxygen atoms in total. The van der Waals surface area contributed by atoms with Crippen molar-refractivity contribution in [3.05, 3.63) is 24.3 Å². The van der Waals surface area contributed by atoms with Crippen LogP contribution in [0.15, 0.2) is 29.2 Å². The Labute approximate surface area is 145 Å². The van der Waals surface area contributed by atoms with Crippen LogP contribution < -0.4 is 10.2 Å². The van der Waals surface area contributed by atoms with E-state index in [9.17, 15) is 14.4 Å². The van der Waals surface area contributed by atoms with Crippen molar-refractivity contribution in [1.29, 1.82) is 0 Å². The van der Waals surface area contributed by atoms with Gasteiger partial charge in [0.1, 0.15) is 12.1 Å². The van der Waals surface area contributed by atoms with Gasteiger partial charge >= 0.3 is 6.03 Å². The summed E-state index contributed by atoms with van der Waals surface area (Å²) in [6, 6.07) is 7.25. The van der Waals surface area contributed by atoms with E-state index in [0.29, 0.717) is 11.8 Å². The first kappa shape index (κ1) is 16.8. The second kappa shape index (κ2) is 6.12. The highest BCUT2D eigenvalue weighted by Gasteiger charge is 2.45. The molecule has 0 bridgehead atoms. The molecule has 0 spiro atoms. The third-order valence-corrected chi connectivity index (χ3v) is 5.52. The van der Waals surface area contributed by atoms with Crippen molar-refractivity contribution in [2.45, 2.75) is 42.9 Å². The SMILES string of the molecule is CC1CCN(C(=O)CN2C(=O)NC(C)(C)C2=O)c2ccccc2S1. The maximum absolute atomic E-state index is 12.8. The summed E-state index contributed by atoms with van der Waals surface area (Å²) in [5.41, 5.74) is -0.110. The van der Waals surface area contributed by atoms with Gasteiger partial charge in [-0.05, 0) is 32.4 Å². The minimum Gasteiger partial charge on any atom is -0.324 e. The third-order valence-electron chi connectivity index (χ3n) is 4.28. The lowest BCUT2D eigenvalue weighted by atomic mass is 10.1. The lowest BCUT2D eigenvalue weighted by Crippen LogP contribution is -2.45. The standard InChI is InChI=1S/C17H21N3O3S/c1-11-8-9-19(12-6-4-5-7-13(12)24-11)14(21)10-20-15(22)17(2,3)18-16(20)23/h4-7,11H,8-10H2,1-3H3,(H,18,23). The van der Waals surface area contributed by atoms with Crippen LogP contribution in [0.3, 0.4) is 0 Å². The van der Waals surface area contributed by atoms with Gasteiger partial charge in [0.2, 0.25) is 5.91 Å². The van der Waals surface area contributed by atoms with Crippen molar-refractivity contribution in [3.63, 3.8) is 0 Å². The number of nitrogens with one attached hydrogen (secondary N) is 1. The third kappa shape index (κ3) is 3.00. The Kier molecular flexibility index (Phi) is 4.29. The minimum absolute atomic E-state index is 0.235. The molecule has 1 atom stereocenters. The molecule has 4 amide bonds. The molecule has 1 N–H and O–H groups in total.